The van der Waals surface area contributed by atoms with Crippen LogP contribution in [0.3, 0.4) is 0 Å². The van der Waals surface area contributed by atoms with Crippen molar-refractivity contribution in [3.63, 3.8) is 0 Å². The molecule has 0 aliphatic carbocycles. The van der Waals surface area contributed by atoms with Gasteiger partial charge in [0.05, 0.1) is 12.6 Å². The molecule has 3 heteroatoms. The number of nitriles is 1. The van der Waals surface area contributed by atoms with Gasteiger partial charge >= 0.3 is 0 Å². The van der Waals surface area contributed by atoms with E-state index in [0.717, 1.165) is 13.0 Å². The molecule has 2 nitrogen and oxygen atoms in total. The van der Waals surface area contributed by atoms with Gasteiger partial charge in [0.2, 0.25) is 0 Å². The Morgan fingerprint density at radius 2 is 1.92 bits per heavy atom. The van der Waals surface area contributed by atoms with Crippen LogP contribution in [0.2, 0.25) is 0 Å². The smallest absolute Gasteiger partial charge is 0.0841 e. The lowest BCUT2D eigenvalue weighted by molar-refractivity contribution is 0.749. The Morgan fingerprint density at radius 3 is 2.54 bits per heavy atom. The van der Waals surface area contributed by atoms with Crippen LogP contribution >= 0.6 is 12.4 Å². The lowest BCUT2D eigenvalue weighted by Crippen LogP contribution is -2.16. The first kappa shape index (κ1) is 12.0. The van der Waals surface area contributed by atoms with Gasteiger partial charge < -0.3 is 5.32 Å². The summed E-state index contributed by atoms with van der Waals surface area (Å²) in [5.41, 5.74) is 1.31. The Bertz CT molecular complexity index is 253. The van der Waals surface area contributed by atoms with E-state index in [9.17, 15) is 0 Å². The molecule has 0 atom stereocenters. The van der Waals surface area contributed by atoms with Crippen LogP contribution in [0.5, 0.6) is 0 Å². The third-order valence-corrected chi connectivity index (χ3v) is 1.64. The van der Waals surface area contributed by atoms with Gasteiger partial charge in [0.15, 0.2) is 0 Å². The fraction of sp³-hybridized carbons (Fsp3) is 0.300. The Balaban J connectivity index is 0.00000144. The lowest BCUT2D eigenvalue weighted by Gasteiger charge is -1.99. The third kappa shape index (κ3) is 5.24. The van der Waals surface area contributed by atoms with Crippen molar-refractivity contribution in [1.29, 1.82) is 5.26 Å². The van der Waals surface area contributed by atoms with Crippen LogP contribution < -0.4 is 5.32 Å². The first-order valence-corrected chi connectivity index (χ1v) is 4.05. The summed E-state index contributed by atoms with van der Waals surface area (Å²) in [5, 5.41) is 11.3. The van der Waals surface area contributed by atoms with Gasteiger partial charge in [-0.05, 0) is 12.0 Å². The third-order valence-electron chi connectivity index (χ3n) is 1.64. The maximum atomic E-state index is 8.25. The van der Waals surface area contributed by atoms with Crippen molar-refractivity contribution >= 4 is 12.4 Å². The van der Waals surface area contributed by atoms with E-state index in [4.69, 9.17) is 5.26 Å². The fourth-order valence-corrected chi connectivity index (χ4v) is 1.02. The molecular weight excluding hydrogens is 184 g/mol. The molecule has 0 saturated carbocycles. The van der Waals surface area contributed by atoms with Crippen LogP contribution in [-0.4, -0.2) is 13.1 Å². The van der Waals surface area contributed by atoms with Gasteiger partial charge in [0.25, 0.3) is 0 Å². The Kier molecular flexibility index (Phi) is 6.99. The molecule has 1 N–H and O–H groups in total. The highest BCUT2D eigenvalue weighted by Gasteiger charge is 1.89. The number of nitrogens with one attached hydrogen (secondary N) is 1. The monoisotopic (exact) mass is 196 g/mol. The zero-order chi connectivity index (χ0) is 8.65. The molecule has 70 valence electrons. The van der Waals surface area contributed by atoms with Gasteiger partial charge in [0.1, 0.15) is 0 Å². The normalized spacial score (nSPS) is 8.54. The molecule has 0 amide bonds. The second-order valence-corrected chi connectivity index (χ2v) is 2.57. The van der Waals surface area contributed by atoms with Gasteiger partial charge in [0, 0.05) is 6.54 Å². The van der Waals surface area contributed by atoms with E-state index < -0.39 is 0 Å². The maximum absolute atomic E-state index is 8.25. The molecular formula is C10H13ClN2. The topological polar surface area (TPSA) is 35.8 Å². The maximum Gasteiger partial charge on any atom is 0.0841 e. The van der Waals surface area contributed by atoms with E-state index in [1.54, 1.807) is 0 Å². The van der Waals surface area contributed by atoms with Crippen LogP contribution in [0.4, 0.5) is 0 Å². The first-order chi connectivity index (χ1) is 5.93. The van der Waals surface area contributed by atoms with E-state index in [2.05, 4.69) is 17.4 Å². The minimum absolute atomic E-state index is 0. The Morgan fingerprint density at radius 1 is 1.23 bits per heavy atom. The predicted octanol–water partition coefficient (Wildman–Crippen LogP) is 1.76. The lowest BCUT2D eigenvalue weighted by atomic mass is 10.1. The summed E-state index contributed by atoms with van der Waals surface area (Å²) in [5.74, 6) is 0. The summed E-state index contributed by atoms with van der Waals surface area (Å²) in [6.45, 7) is 1.31. The molecule has 0 aliphatic heterocycles. The summed E-state index contributed by atoms with van der Waals surface area (Å²) in [6.07, 6.45) is 0.989. The summed E-state index contributed by atoms with van der Waals surface area (Å²) in [6, 6.07) is 12.3. The zero-order valence-corrected chi connectivity index (χ0v) is 8.18. The molecule has 1 rings (SSSR count). The molecule has 0 fully saturated rings. The SMILES string of the molecule is Cl.N#CCNCCc1ccccc1. The van der Waals surface area contributed by atoms with Crippen LogP contribution in [0.25, 0.3) is 0 Å². The van der Waals surface area contributed by atoms with E-state index in [0.29, 0.717) is 6.54 Å². The second-order valence-electron chi connectivity index (χ2n) is 2.57. The number of hydrogen-bond donors (Lipinski definition) is 1. The van der Waals surface area contributed by atoms with E-state index in [1.165, 1.54) is 5.56 Å². The minimum atomic E-state index is 0. The first-order valence-electron chi connectivity index (χ1n) is 4.05. The van der Waals surface area contributed by atoms with Crippen LogP contribution in [-0.2, 0) is 6.42 Å². The van der Waals surface area contributed by atoms with Gasteiger partial charge in [-0.15, -0.1) is 12.4 Å². The molecule has 1 aromatic rings. The number of rotatable bonds is 4. The summed E-state index contributed by atoms with van der Waals surface area (Å²) in [7, 11) is 0. The predicted molar refractivity (Wildman–Crippen MR) is 55.9 cm³/mol. The van der Waals surface area contributed by atoms with Crippen molar-refractivity contribution < 1.29 is 0 Å². The minimum Gasteiger partial charge on any atom is -0.304 e. The van der Waals surface area contributed by atoms with Gasteiger partial charge in [-0.2, -0.15) is 5.26 Å². The van der Waals surface area contributed by atoms with E-state index >= 15 is 0 Å². The van der Waals surface area contributed by atoms with E-state index in [-0.39, 0.29) is 12.4 Å². The Labute approximate surface area is 85.0 Å². The number of benzene rings is 1. The second kappa shape index (κ2) is 7.60. The summed E-state index contributed by atoms with van der Waals surface area (Å²) >= 11 is 0. The summed E-state index contributed by atoms with van der Waals surface area (Å²) in [4.78, 5) is 0. The Hall–Kier alpha value is -1.04. The van der Waals surface area contributed by atoms with E-state index in [1.807, 2.05) is 24.3 Å². The highest BCUT2D eigenvalue weighted by molar-refractivity contribution is 5.85. The van der Waals surface area contributed by atoms with Crippen LogP contribution in [0, 0.1) is 11.3 Å². The molecule has 0 bridgehead atoms. The largest absolute Gasteiger partial charge is 0.304 e. The fourth-order valence-electron chi connectivity index (χ4n) is 1.02. The standard InChI is InChI=1S/C10H12N2.ClH/c11-7-9-12-8-6-10-4-2-1-3-5-10;/h1-5,12H,6,8-9H2;1H. The highest BCUT2D eigenvalue weighted by atomic mass is 35.5. The number of halogens is 1. The van der Waals surface area contributed by atoms with Crippen molar-refractivity contribution in [2.24, 2.45) is 0 Å². The van der Waals surface area contributed by atoms with Gasteiger partial charge in [-0.25, -0.2) is 0 Å². The van der Waals surface area contributed by atoms with Gasteiger partial charge in [-0.1, -0.05) is 30.3 Å². The molecule has 0 saturated heterocycles. The van der Waals surface area contributed by atoms with Crippen molar-refractivity contribution in [2.75, 3.05) is 13.1 Å². The van der Waals surface area contributed by atoms with Crippen LogP contribution in [0.1, 0.15) is 5.56 Å². The highest BCUT2D eigenvalue weighted by Crippen LogP contribution is 1.97. The average Bonchev–Trinajstić information content (AvgIpc) is 2.14. The number of nitrogens with zero attached hydrogens (tertiary/aromatic N) is 1. The van der Waals surface area contributed by atoms with Crippen molar-refractivity contribution in [3.8, 4) is 6.07 Å². The van der Waals surface area contributed by atoms with Gasteiger partial charge in [-0.3, -0.25) is 0 Å². The molecule has 0 aliphatic rings. The molecule has 0 heterocycles. The molecule has 1 aromatic carbocycles. The van der Waals surface area contributed by atoms with Crippen molar-refractivity contribution in [2.45, 2.75) is 6.42 Å². The molecule has 0 radical (unpaired) electrons. The zero-order valence-electron chi connectivity index (χ0n) is 7.36. The average molecular weight is 197 g/mol. The number of hydrogen-bond acceptors (Lipinski definition) is 2. The quantitative estimate of drug-likeness (QED) is 0.589. The molecule has 0 aromatic heterocycles. The summed E-state index contributed by atoms with van der Waals surface area (Å²) < 4.78 is 0. The van der Waals surface area contributed by atoms with Crippen LogP contribution in [0.15, 0.2) is 30.3 Å². The molecule has 13 heavy (non-hydrogen) atoms. The van der Waals surface area contributed by atoms with Crippen molar-refractivity contribution in [3.05, 3.63) is 35.9 Å². The van der Waals surface area contributed by atoms with Crippen molar-refractivity contribution in [1.82, 2.24) is 5.32 Å². The molecule has 0 unspecified atom stereocenters. The molecule has 0 spiro atoms.